The highest BCUT2D eigenvalue weighted by Gasteiger charge is 2.04. The quantitative estimate of drug-likeness (QED) is 0.358. The molecule has 0 aliphatic rings. The Morgan fingerprint density at radius 2 is 2.26 bits per heavy atom. The van der Waals surface area contributed by atoms with Gasteiger partial charge in [-0.2, -0.15) is 4.98 Å². The van der Waals surface area contributed by atoms with Gasteiger partial charge in [-0.1, -0.05) is 17.8 Å². The zero-order valence-corrected chi connectivity index (χ0v) is 11.4. The summed E-state index contributed by atoms with van der Waals surface area (Å²) in [5.74, 6) is 6.38. The summed E-state index contributed by atoms with van der Waals surface area (Å²) in [4.78, 5) is 12.6. The van der Waals surface area contributed by atoms with Crippen LogP contribution in [0.1, 0.15) is 5.69 Å². The molecule has 19 heavy (non-hydrogen) atoms. The first kappa shape index (κ1) is 13.6. The number of ether oxygens (including phenoxy) is 1. The summed E-state index contributed by atoms with van der Waals surface area (Å²) in [5.41, 5.74) is 3.48. The number of nitrogens with zero attached hydrogens (tertiary/aromatic N) is 3. The van der Waals surface area contributed by atoms with Crippen LogP contribution in [-0.2, 0) is 6.42 Å². The maximum atomic E-state index is 5.59. The fourth-order valence-corrected chi connectivity index (χ4v) is 1.82. The number of nitrogen functional groups attached to an aromatic ring is 1. The smallest absolute Gasteiger partial charge is 0.219 e. The first-order chi connectivity index (χ1) is 9.31. The second kappa shape index (κ2) is 6.91. The first-order valence-corrected chi connectivity index (χ1v) is 6.96. The molecule has 0 atom stereocenters. The summed E-state index contributed by atoms with van der Waals surface area (Å²) in [6, 6.07) is 7.47. The summed E-state index contributed by atoms with van der Waals surface area (Å²) in [6.07, 6.45) is 4.39. The normalized spacial score (nSPS) is 10.2. The molecule has 0 spiro atoms. The van der Waals surface area contributed by atoms with Gasteiger partial charge in [0.15, 0.2) is 5.16 Å². The van der Waals surface area contributed by atoms with Crippen LogP contribution in [0.2, 0.25) is 0 Å². The number of nitrogens with one attached hydrogen (secondary N) is 1. The van der Waals surface area contributed by atoms with Crippen LogP contribution >= 0.6 is 11.8 Å². The minimum absolute atomic E-state index is 0.503. The molecule has 0 saturated heterocycles. The highest BCUT2D eigenvalue weighted by atomic mass is 32.2. The van der Waals surface area contributed by atoms with Crippen molar-refractivity contribution in [2.24, 2.45) is 5.84 Å². The van der Waals surface area contributed by atoms with Crippen molar-refractivity contribution in [3.8, 4) is 5.88 Å². The van der Waals surface area contributed by atoms with Crippen LogP contribution in [0.15, 0.2) is 35.6 Å². The zero-order valence-electron chi connectivity index (χ0n) is 10.5. The maximum Gasteiger partial charge on any atom is 0.219 e. The standard InChI is InChI=1S/C12H15N5OS/c1-19-12-15-10(17-13)8-11(16-12)18-7-5-9-4-2-3-6-14-9/h2-4,6,8H,5,7,13H2,1H3,(H,15,16,17). The van der Waals surface area contributed by atoms with Gasteiger partial charge >= 0.3 is 0 Å². The van der Waals surface area contributed by atoms with E-state index in [2.05, 4.69) is 20.4 Å². The second-order valence-corrected chi connectivity index (χ2v) is 4.42. The lowest BCUT2D eigenvalue weighted by molar-refractivity contribution is 0.305. The highest BCUT2D eigenvalue weighted by molar-refractivity contribution is 7.98. The summed E-state index contributed by atoms with van der Waals surface area (Å²) in [6.45, 7) is 0.506. The van der Waals surface area contributed by atoms with E-state index < -0.39 is 0 Å². The van der Waals surface area contributed by atoms with E-state index in [1.807, 2.05) is 24.5 Å². The Morgan fingerprint density at radius 1 is 1.37 bits per heavy atom. The van der Waals surface area contributed by atoms with E-state index in [-0.39, 0.29) is 0 Å². The lowest BCUT2D eigenvalue weighted by Gasteiger charge is -2.08. The number of nitrogens with two attached hydrogens (primary N) is 1. The molecular formula is C12H15N5OS. The summed E-state index contributed by atoms with van der Waals surface area (Å²) in [7, 11) is 0. The number of hydrogen-bond acceptors (Lipinski definition) is 7. The molecule has 2 aromatic heterocycles. The van der Waals surface area contributed by atoms with Crippen molar-refractivity contribution >= 4 is 17.6 Å². The molecule has 2 rings (SSSR count). The second-order valence-electron chi connectivity index (χ2n) is 3.64. The van der Waals surface area contributed by atoms with Gasteiger partial charge in [0.05, 0.1) is 6.61 Å². The average Bonchev–Trinajstić information content (AvgIpc) is 2.48. The number of thioether (sulfide) groups is 1. The predicted molar refractivity (Wildman–Crippen MR) is 75.1 cm³/mol. The Balaban J connectivity index is 1.95. The van der Waals surface area contributed by atoms with Crippen LogP contribution in [0.5, 0.6) is 5.88 Å². The summed E-state index contributed by atoms with van der Waals surface area (Å²) >= 11 is 1.43. The van der Waals surface area contributed by atoms with Crippen LogP contribution in [0.3, 0.4) is 0 Å². The van der Waals surface area contributed by atoms with E-state index >= 15 is 0 Å². The molecule has 0 saturated carbocycles. The molecule has 2 heterocycles. The topological polar surface area (TPSA) is 86.0 Å². The molecule has 6 nitrogen and oxygen atoms in total. The molecular weight excluding hydrogens is 262 g/mol. The van der Waals surface area contributed by atoms with Crippen molar-refractivity contribution in [2.75, 3.05) is 18.3 Å². The van der Waals surface area contributed by atoms with E-state index in [9.17, 15) is 0 Å². The molecule has 0 amide bonds. The summed E-state index contributed by atoms with van der Waals surface area (Å²) in [5, 5.41) is 0.614. The third kappa shape index (κ3) is 4.08. The van der Waals surface area contributed by atoms with E-state index in [4.69, 9.17) is 10.6 Å². The lowest BCUT2D eigenvalue weighted by Crippen LogP contribution is -2.11. The Labute approximate surface area is 115 Å². The van der Waals surface area contributed by atoms with Gasteiger partial charge in [-0.3, -0.25) is 4.98 Å². The molecule has 0 fully saturated rings. The molecule has 0 bridgehead atoms. The number of rotatable bonds is 6. The van der Waals surface area contributed by atoms with E-state index in [1.165, 1.54) is 11.8 Å². The van der Waals surface area contributed by atoms with Gasteiger partial charge in [-0.05, 0) is 18.4 Å². The van der Waals surface area contributed by atoms with Crippen molar-refractivity contribution in [3.05, 3.63) is 36.2 Å². The third-order valence-corrected chi connectivity index (χ3v) is 2.89. The van der Waals surface area contributed by atoms with Crippen molar-refractivity contribution in [1.29, 1.82) is 0 Å². The first-order valence-electron chi connectivity index (χ1n) is 5.74. The van der Waals surface area contributed by atoms with Gasteiger partial charge in [-0.15, -0.1) is 0 Å². The number of pyridine rings is 1. The molecule has 0 aliphatic heterocycles. The van der Waals surface area contributed by atoms with Crippen molar-refractivity contribution in [2.45, 2.75) is 11.6 Å². The van der Waals surface area contributed by atoms with Crippen molar-refractivity contribution < 1.29 is 4.74 Å². The van der Waals surface area contributed by atoms with Crippen molar-refractivity contribution in [1.82, 2.24) is 15.0 Å². The Kier molecular flexibility index (Phi) is 4.93. The maximum absolute atomic E-state index is 5.59. The molecule has 0 aliphatic carbocycles. The van der Waals surface area contributed by atoms with Gasteiger partial charge in [0.2, 0.25) is 5.88 Å². The van der Waals surface area contributed by atoms with Crippen molar-refractivity contribution in [3.63, 3.8) is 0 Å². The number of hydrogen-bond donors (Lipinski definition) is 2. The molecule has 7 heteroatoms. The molecule has 3 N–H and O–H groups in total. The molecule has 0 unspecified atom stereocenters. The minimum atomic E-state index is 0.503. The van der Waals surface area contributed by atoms with Gasteiger partial charge in [0.25, 0.3) is 0 Å². The van der Waals surface area contributed by atoms with Crippen LogP contribution in [-0.4, -0.2) is 27.8 Å². The largest absolute Gasteiger partial charge is 0.477 e. The number of anilines is 1. The zero-order chi connectivity index (χ0) is 13.5. The number of aromatic nitrogens is 3. The average molecular weight is 277 g/mol. The van der Waals surface area contributed by atoms with E-state index in [1.54, 1.807) is 12.3 Å². The van der Waals surface area contributed by atoms with Crippen LogP contribution in [0.4, 0.5) is 5.82 Å². The van der Waals surface area contributed by atoms with Gasteiger partial charge in [0.1, 0.15) is 5.82 Å². The Bertz CT molecular complexity index is 501. The molecule has 0 radical (unpaired) electrons. The minimum Gasteiger partial charge on any atom is -0.477 e. The van der Waals surface area contributed by atoms with E-state index in [0.717, 1.165) is 12.1 Å². The Morgan fingerprint density at radius 3 is 2.95 bits per heavy atom. The molecule has 2 aromatic rings. The van der Waals surface area contributed by atoms with E-state index in [0.29, 0.717) is 23.5 Å². The Hall–Kier alpha value is -1.86. The SMILES string of the molecule is CSc1nc(NN)cc(OCCc2ccccn2)n1. The number of hydrazine groups is 1. The fourth-order valence-electron chi connectivity index (χ4n) is 1.45. The van der Waals surface area contributed by atoms with Crippen LogP contribution in [0, 0.1) is 0 Å². The molecule has 100 valence electrons. The van der Waals surface area contributed by atoms with Crippen LogP contribution < -0.4 is 16.0 Å². The molecule has 0 aromatic carbocycles. The van der Waals surface area contributed by atoms with Gasteiger partial charge in [0, 0.05) is 24.4 Å². The summed E-state index contributed by atoms with van der Waals surface area (Å²) < 4.78 is 5.59. The highest BCUT2D eigenvalue weighted by Crippen LogP contribution is 2.18. The van der Waals surface area contributed by atoms with Gasteiger partial charge < -0.3 is 10.2 Å². The third-order valence-electron chi connectivity index (χ3n) is 2.35. The monoisotopic (exact) mass is 277 g/mol. The predicted octanol–water partition coefficient (Wildman–Crippen LogP) is 1.50. The van der Waals surface area contributed by atoms with Crippen LogP contribution in [0.25, 0.3) is 0 Å². The van der Waals surface area contributed by atoms with Gasteiger partial charge in [-0.25, -0.2) is 10.8 Å². The lowest BCUT2D eigenvalue weighted by atomic mass is 10.3. The fraction of sp³-hybridized carbons (Fsp3) is 0.250.